The summed E-state index contributed by atoms with van der Waals surface area (Å²) in [5.74, 6) is 0.752. The van der Waals surface area contributed by atoms with Crippen LogP contribution in [0.25, 0.3) is 0 Å². The summed E-state index contributed by atoms with van der Waals surface area (Å²) < 4.78 is 0. The molecule has 4 heteroatoms. The van der Waals surface area contributed by atoms with Gasteiger partial charge in [-0.15, -0.1) is 0 Å². The molecule has 0 fully saturated rings. The summed E-state index contributed by atoms with van der Waals surface area (Å²) in [6.45, 7) is 5.52. The third kappa shape index (κ3) is 2.89. The van der Waals surface area contributed by atoms with E-state index in [0.717, 1.165) is 30.0 Å². The topological polar surface area (TPSA) is 52.8 Å². The summed E-state index contributed by atoms with van der Waals surface area (Å²) in [6.07, 6.45) is 5.30. The molecule has 2 rings (SSSR count). The van der Waals surface area contributed by atoms with Crippen molar-refractivity contribution in [3.63, 3.8) is 0 Å². The number of nitrogens with zero attached hydrogens (tertiary/aromatic N) is 4. The SMILES string of the molecule is CCN(Cc1ccncc1)c1nccc(C)c1C#N. The number of rotatable bonds is 4. The molecule has 0 N–H and O–H groups in total. The van der Waals surface area contributed by atoms with Crippen molar-refractivity contribution >= 4 is 5.82 Å². The minimum atomic E-state index is 0.651. The summed E-state index contributed by atoms with van der Waals surface area (Å²) in [4.78, 5) is 10.5. The number of hydrogen-bond donors (Lipinski definition) is 0. The summed E-state index contributed by atoms with van der Waals surface area (Å²) in [7, 11) is 0. The molecule has 0 radical (unpaired) electrons. The normalized spacial score (nSPS) is 9.95. The summed E-state index contributed by atoms with van der Waals surface area (Å²) in [5.41, 5.74) is 2.77. The Hall–Kier alpha value is -2.41. The van der Waals surface area contributed by atoms with Crippen LogP contribution in [0.2, 0.25) is 0 Å². The van der Waals surface area contributed by atoms with E-state index in [-0.39, 0.29) is 0 Å². The highest BCUT2D eigenvalue weighted by molar-refractivity contribution is 5.57. The first-order chi connectivity index (χ1) is 9.26. The van der Waals surface area contributed by atoms with Gasteiger partial charge in [0.15, 0.2) is 0 Å². The lowest BCUT2D eigenvalue weighted by atomic mass is 10.1. The first kappa shape index (κ1) is 13.0. The molecule has 0 aromatic carbocycles. The van der Waals surface area contributed by atoms with Crippen LogP contribution in [-0.4, -0.2) is 16.5 Å². The molecule has 0 saturated heterocycles. The van der Waals surface area contributed by atoms with E-state index in [1.807, 2.05) is 25.1 Å². The monoisotopic (exact) mass is 252 g/mol. The zero-order chi connectivity index (χ0) is 13.7. The van der Waals surface area contributed by atoms with Gasteiger partial charge in [0.2, 0.25) is 0 Å². The Kier molecular flexibility index (Phi) is 4.09. The second-order valence-corrected chi connectivity index (χ2v) is 4.31. The van der Waals surface area contributed by atoms with E-state index in [1.54, 1.807) is 18.6 Å². The van der Waals surface area contributed by atoms with Crippen molar-refractivity contribution in [1.82, 2.24) is 9.97 Å². The highest BCUT2D eigenvalue weighted by Crippen LogP contribution is 2.21. The summed E-state index contributed by atoms with van der Waals surface area (Å²) in [5, 5.41) is 9.28. The van der Waals surface area contributed by atoms with Crippen LogP contribution in [0.3, 0.4) is 0 Å². The van der Waals surface area contributed by atoms with E-state index in [0.29, 0.717) is 5.56 Å². The number of hydrogen-bond acceptors (Lipinski definition) is 4. The lowest BCUT2D eigenvalue weighted by Gasteiger charge is -2.23. The molecule has 0 saturated carbocycles. The van der Waals surface area contributed by atoms with Crippen molar-refractivity contribution in [2.75, 3.05) is 11.4 Å². The molecule has 0 amide bonds. The minimum Gasteiger partial charge on any atom is -0.351 e. The Morgan fingerprint density at radius 2 is 1.95 bits per heavy atom. The fraction of sp³-hybridized carbons (Fsp3) is 0.267. The predicted molar refractivity (Wildman–Crippen MR) is 74.7 cm³/mol. The van der Waals surface area contributed by atoms with Gasteiger partial charge >= 0.3 is 0 Å². The van der Waals surface area contributed by atoms with Crippen LogP contribution in [0.5, 0.6) is 0 Å². The molecule has 19 heavy (non-hydrogen) atoms. The second kappa shape index (κ2) is 5.96. The van der Waals surface area contributed by atoms with E-state index >= 15 is 0 Å². The smallest absolute Gasteiger partial charge is 0.147 e. The molecule has 0 atom stereocenters. The zero-order valence-corrected chi connectivity index (χ0v) is 11.2. The largest absolute Gasteiger partial charge is 0.351 e. The quantitative estimate of drug-likeness (QED) is 0.839. The molecule has 0 spiro atoms. The average Bonchev–Trinajstić information content (AvgIpc) is 2.45. The predicted octanol–water partition coefficient (Wildman–Crippen LogP) is 2.68. The Balaban J connectivity index is 2.33. The summed E-state index contributed by atoms with van der Waals surface area (Å²) >= 11 is 0. The van der Waals surface area contributed by atoms with Crippen molar-refractivity contribution in [2.45, 2.75) is 20.4 Å². The second-order valence-electron chi connectivity index (χ2n) is 4.31. The molecular weight excluding hydrogens is 236 g/mol. The van der Waals surface area contributed by atoms with Gasteiger partial charge in [0, 0.05) is 31.7 Å². The molecular formula is C15H16N4. The lowest BCUT2D eigenvalue weighted by Crippen LogP contribution is -2.24. The van der Waals surface area contributed by atoms with E-state index < -0.39 is 0 Å². The average molecular weight is 252 g/mol. The summed E-state index contributed by atoms with van der Waals surface area (Å²) in [6, 6.07) is 8.06. The third-order valence-corrected chi connectivity index (χ3v) is 3.06. The maximum absolute atomic E-state index is 9.28. The maximum atomic E-state index is 9.28. The van der Waals surface area contributed by atoms with E-state index in [4.69, 9.17) is 0 Å². The van der Waals surface area contributed by atoms with Gasteiger partial charge in [0.25, 0.3) is 0 Å². The maximum Gasteiger partial charge on any atom is 0.147 e. The molecule has 2 aromatic heterocycles. The molecule has 2 aromatic rings. The number of pyridine rings is 2. The zero-order valence-electron chi connectivity index (χ0n) is 11.2. The van der Waals surface area contributed by atoms with Gasteiger partial charge in [-0.2, -0.15) is 5.26 Å². The molecule has 0 aliphatic carbocycles. The molecule has 0 unspecified atom stereocenters. The van der Waals surface area contributed by atoms with Gasteiger partial charge < -0.3 is 4.90 Å². The first-order valence-electron chi connectivity index (χ1n) is 6.25. The van der Waals surface area contributed by atoms with Crippen molar-refractivity contribution in [2.24, 2.45) is 0 Å². The van der Waals surface area contributed by atoms with E-state index in [2.05, 4.69) is 27.9 Å². The Labute approximate surface area is 113 Å². The van der Waals surface area contributed by atoms with Crippen LogP contribution in [0, 0.1) is 18.3 Å². The van der Waals surface area contributed by atoms with Crippen molar-refractivity contribution in [3.05, 3.63) is 53.5 Å². The molecule has 0 aliphatic heterocycles. The Morgan fingerprint density at radius 3 is 2.58 bits per heavy atom. The van der Waals surface area contributed by atoms with Gasteiger partial charge in [-0.1, -0.05) is 0 Å². The third-order valence-electron chi connectivity index (χ3n) is 3.06. The van der Waals surface area contributed by atoms with Gasteiger partial charge in [0.05, 0.1) is 5.56 Å². The lowest BCUT2D eigenvalue weighted by molar-refractivity contribution is 0.809. The van der Waals surface area contributed by atoms with Gasteiger partial charge in [-0.3, -0.25) is 4.98 Å². The van der Waals surface area contributed by atoms with Crippen LogP contribution in [-0.2, 0) is 6.54 Å². The fourth-order valence-electron chi connectivity index (χ4n) is 1.97. The minimum absolute atomic E-state index is 0.651. The number of anilines is 1. The van der Waals surface area contributed by atoms with Gasteiger partial charge in [0.1, 0.15) is 11.9 Å². The van der Waals surface area contributed by atoms with Crippen LogP contribution in [0.4, 0.5) is 5.82 Å². The van der Waals surface area contributed by atoms with Gasteiger partial charge in [-0.05, 0) is 43.2 Å². The van der Waals surface area contributed by atoms with Crippen LogP contribution >= 0.6 is 0 Å². The molecule has 4 nitrogen and oxygen atoms in total. The number of nitriles is 1. The van der Waals surface area contributed by atoms with Crippen molar-refractivity contribution in [1.29, 1.82) is 5.26 Å². The standard InChI is InChI=1S/C15H16N4/c1-3-19(11-13-5-7-17-8-6-13)15-14(10-16)12(2)4-9-18-15/h4-9H,3,11H2,1-2H3. The highest BCUT2D eigenvalue weighted by atomic mass is 15.2. The van der Waals surface area contributed by atoms with Crippen molar-refractivity contribution < 1.29 is 0 Å². The number of aryl methyl sites for hydroxylation is 1. The molecule has 96 valence electrons. The van der Waals surface area contributed by atoms with E-state index in [1.165, 1.54) is 0 Å². The molecule has 0 aliphatic rings. The van der Waals surface area contributed by atoms with Crippen LogP contribution < -0.4 is 4.90 Å². The fourth-order valence-corrected chi connectivity index (χ4v) is 1.97. The van der Waals surface area contributed by atoms with Gasteiger partial charge in [-0.25, -0.2) is 4.98 Å². The van der Waals surface area contributed by atoms with Crippen molar-refractivity contribution in [3.8, 4) is 6.07 Å². The molecule has 0 bridgehead atoms. The Bertz CT molecular complexity index is 587. The Morgan fingerprint density at radius 1 is 1.21 bits per heavy atom. The van der Waals surface area contributed by atoms with Crippen LogP contribution in [0.15, 0.2) is 36.8 Å². The number of aromatic nitrogens is 2. The molecule has 2 heterocycles. The van der Waals surface area contributed by atoms with Crippen LogP contribution in [0.1, 0.15) is 23.6 Å². The highest BCUT2D eigenvalue weighted by Gasteiger charge is 2.13. The van der Waals surface area contributed by atoms with E-state index in [9.17, 15) is 5.26 Å². The first-order valence-corrected chi connectivity index (χ1v) is 6.25.